The maximum atomic E-state index is 11.7. The molecule has 0 saturated heterocycles. The van der Waals surface area contributed by atoms with E-state index >= 15 is 0 Å². The van der Waals surface area contributed by atoms with Crippen LogP contribution in [-0.4, -0.2) is 27.7 Å². The summed E-state index contributed by atoms with van der Waals surface area (Å²) in [5, 5.41) is 1.60. The second-order valence-corrected chi connectivity index (χ2v) is 6.22. The zero-order chi connectivity index (χ0) is 12.2. The lowest BCUT2D eigenvalue weighted by Crippen LogP contribution is -2.31. The molecule has 92 valence electrons. The van der Waals surface area contributed by atoms with E-state index < -0.39 is 10.0 Å². The quantitative estimate of drug-likeness (QED) is 0.804. The first-order valence-electron chi connectivity index (χ1n) is 4.91. The van der Waals surface area contributed by atoms with Gasteiger partial charge in [-0.2, -0.15) is 0 Å². The van der Waals surface area contributed by atoms with Crippen LogP contribution in [0.15, 0.2) is 15.7 Å². The molecule has 7 heteroatoms. The van der Waals surface area contributed by atoms with Gasteiger partial charge in [0, 0.05) is 24.2 Å². The number of hydrogen-bond acceptors (Lipinski definition) is 5. The molecule has 0 aliphatic carbocycles. The highest BCUT2D eigenvalue weighted by Crippen LogP contribution is 2.21. The highest BCUT2D eigenvalue weighted by molar-refractivity contribution is 7.91. The molecule has 1 unspecified atom stereocenters. The van der Waals surface area contributed by atoms with E-state index in [1.807, 2.05) is 13.8 Å². The van der Waals surface area contributed by atoms with Crippen molar-refractivity contribution in [1.29, 1.82) is 0 Å². The van der Waals surface area contributed by atoms with Crippen LogP contribution < -0.4 is 10.5 Å². The van der Waals surface area contributed by atoms with Crippen molar-refractivity contribution in [2.24, 2.45) is 0 Å². The average Bonchev–Trinajstić information content (AvgIpc) is 2.63. The molecule has 16 heavy (non-hydrogen) atoms. The first kappa shape index (κ1) is 13.4. The van der Waals surface area contributed by atoms with E-state index in [0.717, 1.165) is 11.3 Å². The zero-order valence-corrected chi connectivity index (χ0v) is 10.9. The van der Waals surface area contributed by atoms with Crippen molar-refractivity contribution in [3.05, 3.63) is 11.4 Å². The molecule has 0 bridgehead atoms. The molecule has 0 amide bonds. The lowest BCUT2D eigenvalue weighted by atomic mass is 10.4. The van der Waals surface area contributed by atoms with Crippen molar-refractivity contribution < 1.29 is 13.2 Å². The topological polar surface area (TPSA) is 81.4 Å². The number of nitrogen functional groups attached to an aromatic ring is 1. The first-order chi connectivity index (χ1) is 7.45. The van der Waals surface area contributed by atoms with Crippen molar-refractivity contribution in [2.45, 2.75) is 24.2 Å². The summed E-state index contributed by atoms with van der Waals surface area (Å²) < 4.78 is 31.4. The van der Waals surface area contributed by atoms with Gasteiger partial charge in [-0.1, -0.05) is 0 Å². The number of nitrogens with two attached hydrogens (primary N) is 1. The lowest BCUT2D eigenvalue weighted by Gasteiger charge is -2.11. The Morgan fingerprint density at radius 3 is 2.81 bits per heavy atom. The van der Waals surface area contributed by atoms with Crippen molar-refractivity contribution in [3.63, 3.8) is 0 Å². The van der Waals surface area contributed by atoms with Crippen LogP contribution in [0.5, 0.6) is 0 Å². The molecule has 5 nitrogen and oxygen atoms in total. The van der Waals surface area contributed by atoms with Crippen molar-refractivity contribution in [2.75, 3.05) is 18.9 Å². The minimum Gasteiger partial charge on any atom is -0.398 e. The summed E-state index contributed by atoms with van der Waals surface area (Å²) in [6.07, 6.45) is -0.142. The first-order valence-corrected chi connectivity index (χ1v) is 7.27. The fourth-order valence-electron chi connectivity index (χ4n) is 1.11. The lowest BCUT2D eigenvalue weighted by molar-refractivity contribution is 0.0800. The van der Waals surface area contributed by atoms with Gasteiger partial charge in [0.15, 0.2) is 0 Å². The standard InChI is InChI=1S/C9H16N2O3S2/c1-3-14-7(2)5-11-16(12,13)9-4-8(10)6-15-9/h4,6-7,11H,3,5,10H2,1-2H3. The van der Waals surface area contributed by atoms with Gasteiger partial charge < -0.3 is 10.5 Å². The highest BCUT2D eigenvalue weighted by atomic mass is 32.2. The van der Waals surface area contributed by atoms with Crippen molar-refractivity contribution in [1.82, 2.24) is 4.72 Å². The molecule has 0 radical (unpaired) electrons. The van der Waals surface area contributed by atoms with Gasteiger partial charge in [0.25, 0.3) is 0 Å². The van der Waals surface area contributed by atoms with Gasteiger partial charge in [-0.05, 0) is 19.9 Å². The smallest absolute Gasteiger partial charge is 0.250 e. The number of ether oxygens (including phenoxy) is 1. The van der Waals surface area contributed by atoms with Crippen LogP contribution in [0.3, 0.4) is 0 Å². The van der Waals surface area contributed by atoms with Gasteiger partial charge in [0.1, 0.15) is 4.21 Å². The third-order valence-corrected chi connectivity index (χ3v) is 4.75. The average molecular weight is 264 g/mol. The van der Waals surface area contributed by atoms with Crippen LogP contribution in [0.25, 0.3) is 0 Å². The molecular weight excluding hydrogens is 248 g/mol. The molecular formula is C9H16N2O3S2. The molecule has 0 saturated carbocycles. The van der Waals surface area contributed by atoms with Crippen LogP contribution in [0, 0.1) is 0 Å². The predicted molar refractivity (Wildman–Crippen MR) is 65.0 cm³/mol. The van der Waals surface area contributed by atoms with E-state index in [1.165, 1.54) is 6.07 Å². The van der Waals surface area contributed by atoms with E-state index in [-0.39, 0.29) is 16.9 Å². The monoisotopic (exact) mass is 264 g/mol. The SMILES string of the molecule is CCOC(C)CNS(=O)(=O)c1cc(N)cs1. The zero-order valence-electron chi connectivity index (χ0n) is 9.26. The summed E-state index contributed by atoms with van der Waals surface area (Å²) in [4.78, 5) is 0. The Kier molecular flexibility index (Phi) is 4.72. The second kappa shape index (κ2) is 5.62. The summed E-state index contributed by atoms with van der Waals surface area (Å²) in [6, 6.07) is 1.44. The van der Waals surface area contributed by atoms with Gasteiger partial charge in [-0.25, -0.2) is 13.1 Å². The molecule has 0 aliphatic rings. The molecule has 1 aromatic rings. The van der Waals surface area contributed by atoms with Gasteiger partial charge >= 0.3 is 0 Å². The van der Waals surface area contributed by atoms with Gasteiger partial charge in [-0.15, -0.1) is 11.3 Å². The molecule has 1 aromatic heterocycles. The predicted octanol–water partition coefficient (Wildman–Crippen LogP) is 1.03. The van der Waals surface area contributed by atoms with E-state index in [4.69, 9.17) is 10.5 Å². The molecule has 1 rings (SSSR count). The van der Waals surface area contributed by atoms with Crippen molar-refractivity contribution in [3.8, 4) is 0 Å². The van der Waals surface area contributed by atoms with Crippen LogP contribution in [0.1, 0.15) is 13.8 Å². The van der Waals surface area contributed by atoms with Crippen molar-refractivity contribution >= 4 is 27.0 Å². The molecule has 0 aliphatic heterocycles. The molecule has 1 atom stereocenters. The van der Waals surface area contributed by atoms with Crippen LogP contribution in [-0.2, 0) is 14.8 Å². The van der Waals surface area contributed by atoms with E-state index in [0.29, 0.717) is 12.3 Å². The number of sulfonamides is 1. The van der Waals surface area contributed by atoms with Crippen LogP contribution in [0.4, 0.5) is 5.69 Å². The minimum atomic E-state index is -3.44. The van der Waals surface area contributed by atoms with E-state index in [2.05, 4.69) is 4.72 Å². The Balaban J connectivity index is 2.59. The highest BCUT2D eigenvalue weighted by Gasteiger charge is 2.17. The van der Waals surface area contributed by atoms with E-state index in [9.17, 15) is 8.42 Å². The number of rotatable bonds is 6. The number of hydrogen-bond donors (Lipinski definition) is 2. The molecule has 3 N–H and O–H groups in total. The molecule has 0 fully saturated rings. The largest absolute Gasteiger partial charge is 0.398 e. The van der Waals surface area contributed by atoms with Crippen LogP contribution >= 0.6 is 11.3 Å². The minimum absolute atomic E-state index is 0.142. The Labute approximate surface area is 99.7 Å². The molecule has 0 aromatic carbocycles. The summed E-state index contributed by atoms with van der Waals surface area (Å²) in [5.41, 5.74) is 5.93. The molecule has 0 spiro atoms. The maximum absolute atomic E-state index is 11.7. The Hall–Kier alpha value is -0.630. The van der Waals surface area contributed by atoms with Gasteiger partial charge in [-0.3, -0.25) is 0 Å². The summed E-state index contributed by atoms with van der Waals surface area (Å²) in [7, 11) is -3.44. The van der Waals surface area contributed by atoms with Gasteiger partial charge in [0.2, 0.25) is 10.0 Å². The number of thiophene rings is 1. The summed E-state index contributed by atoms with van der Waals surface area (Å²) in [5.74, 6) is 0. The third kappa shape index (κ3) is 3.75. The molecule has 1 heterocycles. The third-order valence-electron chi connectivity index (χ3n) is 1.87. The Morgan fingerprint density at radius 2 is 2.31 bits per heavy atom. The summed E-state index contributed by atoms with van der Waals surface area (Å²) >= 11 is 1.11. The van der Waals surface area contributed by atoms with Crippen LogP contribution in [0.2, 0.25) is 0 Å². The number of anilines is 1. The fourth-order valence-corrected chi connectivity index (χ4v) is 3.35. The number of nitrogens with one attached hydrogen (secondary N) is 1. The Morgan fingerprint density at radius 1 is 1.62 bits per heavy atom. The summed E-state index contributed by atoms with van der Waals surface area (Å²) in [6.45, 7) is 4.50. The fraction of sp³-hybridized carbons (Fsp3) is 0.556. The normalized spacial score (nSPS) is 13.9. The second-order valence-electron chi connectivity index (χ2n) is 3.32. The maximum Gasteiger partial charge on any atom is 0.250 e. The van der Waals surface area contributed by atoms with Gasteiger partial charge in [0.05, 0.1) is 6.10 Å². The Bertz CT molecular complexity index is 428. The van der Waals surface area contributed by atoms with E-state index in [1.54, 1.807) is 5.38 Å².